The van der Waals surface area contributed by atoms with Crippen LogP contribution >= 0.6 is 11.8 Å². The molecule has 0 spiro atoms. The lowest BCUT2D eigenvalue weighted by Crippen LogP contribution is -2.39. The van der Waals surface area contributed by atoms with Crippen molar-refractivity contribution in [2.75, 3.05) is 17.6 Å². The Morgan fingerprint density at radius 1 is 1.16 bits per heavy atom. The molecule has 0 unspecified atom stereocenters. The summed E-state index contributed by atoms with van der Waals surface area (Å²) in [5, 5.41) is 4.87. The number of nitrogens with zero attached hydrogens (tertiary/aromatic N) is 1. The van der Waals surface area contributed by atoms with Crippen LogP contribution in [-0.2, 0) is 9.59 Å². The standard InChI is InChI=1S/C20H20N2O2S/c1-14-8-9-15(2)17(10-14)21-19(23)11-22-18(12-25-13-20(22)24)16-6-4-3-5-7-16/h3-10,12H,11,13H2,1-2H3,(H,21,23). The lowest BCUT2D eigenvalue weighted by atomic mass is 10.1. The largest absolute Gasteiger partial charge is 0.324 e. The third kappa shape index (κ3) is 4.12. The molecule has 0 aliphatic carbocycles. The molecule has 0 saturated heterocycles. The summed E-state index contributed by atoms with van der Waals surface area (Å²) >= 11 is 1.46. The monoisotopic (exact) mass is 352 g/mol. The molecule has 0 saturated carbocycles. The summed E-state index contributed by atoms with van der Waals surface area (Å²) in [4.78, 5) is 26.5. The molecule has 2 aromatic carbocycles. The number of thioether (sulfide) groups is 1. The van der Waals surface area contributed by atoms with Crippen LogP contribution in [0.2, 0.25) is 0 Å². The van der Waals surface area contributed by atoms with Gasteiger partial charge in [0, 0.05) is 5.69 Å². The van der Waals surface area contributed by atoms with E-state index in [-0.39, 0.29) is 18.4 Å². The molecule has 1 aliphatic heterocycles. The van der Waals surface area contributed by atoms with E-state index in [0.29, 0.717) is 5.75 Å². The fourth-order valence-corrected chi connectivity index (χ4v) is 3.48. The number of nitrogens with one attached hydrogen (secondary N) is 1. The van der Waals surface area contributed by atoms with E-state index in [1.54, 1.807) is 4.90 Å². The number of benzene rings is 2. The van der Waals surface area contributed by atoms with E-state index in [1.165, 1.54) is 11.8 Å². The van der Waals surface area contributed by atoms with Gasteiger partial charge in [0.2, 0.25) is 11.8 Å². The van der Waals surface area contributed by atoms with Crippen LogP contribution in [0.15, 0.2) is 53.9 Å². The highest BCUT2D eigenvalue weighted by Gasteiger charge is 2.25. The first-order valence-corrected chi connectivity index (χ1v) is 9.14. The molecule has 4 nitrogen and oxygen atoms in total. The Hall–Kier alpha value is -2.53. The van der Waals surface area contributed by atoms with Crippen LogP contribution in [0.5, 0.6) is 0 Å². The SMILES string of the molecule is Cc1ccc(C)c(NC(=O)CN2C(=O)CSC=C2c2ccccc2)c1. The molecule has 3 rings (SSSR count). The fourth-order valence-electron chi connectivity index (χ4n) is 2.68. The number of hydrogen-bond donors (Lipinski definition) is 1. The number of aryl methyl sites for hydroxylation is 2. The Morgan fingerprint density at radius 3 is 2.68 bits per heavy atom. The lowest BCUT2D eigenvalue weighted by Gasteiger charge is -2.28. The number of hydrogen-bond acceptors (Lipinski definition) is 3. The van der Waals surface area contributed by atoms with Crippen LogP contribution < -0.4 is 5.32 Å². The maximum atomic E-state index is 12.5. The van der Waals surface area contributed by atoms with Crippen molar-refractivity contribution >= 4 is 35.0 Å². The van der Waals surface area contributed by atoms with Gasteiger partial charge in [0.15, 0.2) is 0 Å². The van der Waals surface area contributed by atoms with Gasteiger partial charge in [0.25, 0.3) is 0 Å². The number of anilines is 1. The maximum absolute atomic E-state index is 12.5. The fraction of sp³-hybridized carbons (Fsp3) is 0.200. The minimum absolute atomic E-state index is 0.00744. The summed E-state index contributed by atoms with van der Waals surface area (Å²) in [6, 6.07) is 15.6. The minimum Gasteiger partial charge on any atom is -0.324 e. The third-order valence-electron chi connectivity index (χ3n) is 4.03. The summed E-state index contributed by atoms with van der Waals surface area (Å²) in [6.07, 6.45) is 0. The maximum Gasteiger partial charge on any atom is 0.244 e. The molecule has 1 heterocycles. The number of carbonyl (C=O) groups excluding carboxylic acids is 2. The summed E-state index contributed by atoms with van der Waals surface area (Å²) < 4.78 is 0. The highest BCUT2D eigenvalue weighted by atomic mass is 32.2. The van der Waals surface area contributed by atoms with Crippen LogP contribution in [0, 0.1) is 13.8 Å². The van der Waals surface area contributed by atoms with Crippen LogP contribution in [0.3, 0.4) is 0 Å². The van der Waals surface area contributed by atoms with E-state index in [2.05, 4.69) is 5.32 Å². The van der Waals surface area contributed by atoms with Gasteiger partial charge in [-0.15, -0.1) is 11.8 Å². The molecular formula is C20H20N2O2S. The average molecular weight is 352 g/mol. The Bertz CT molecular complexity index is 831. The van der Waals surface area contributed by atoms with E-state index >= 15 is 0 Å². The third-order valence-corrected chi connectivity index (χ3v) is 4.84. The van der Waals surface area contributed by atoms with Gasteiger partial charge < -0.3 is 10.2 Å². The van der Waals surface area contributed by atoms with Gasteiger partial charge in [-0.05, 0) is 42.0 Å². The van der Waals surface area contributed by atoms with Crippen LogP contribution in [0.25, 0.3) is 5.70 Å². The highest BCUT2D eigenvalue weighted by Crippen LogP contribution is 2.28. The lowest BCUT2D eigenvalue weighted by molar-refractivity contribution is -0.129. The molecule has 128 valence electrons. The molecule has 2 aromatic rings. The molecule has 25 heavy (non-hydrogen) atoms. The molecule has 0 radical (unpaired) electrons. The van der Waals surface area contributed by atoms with E-state index < -0.39 is 0 Å². The Morgan fingerprint density at radius 2 is 1.92 bits per heavy atom. The van der Waals surface area contributed by atoms with Crippen LogP contribution in [-0.4, -0.2) is 29.0 Å². The van der Waals surface area contributed by atoms with E-state index in [9.17, 15) is 9.59 Å². The smallest absolute Gasteiger partial charge is 0.244 e. The van der Waals surface area contributed by atoms with E-state index in [4.69, 9.17) is 0 Å². The van der Waals surface area contributed by atoms with Crippen molar-refractivity contribution in [3.05, 3.63) is 70.6 Å². The van der Waals surface area contributed by atoms with Crippen molar-refractivity contribution in [3.63, 3.8) is 0 Å². The van der Waals surface area contributed by atoms with Gasteiger partial charge in [-0.1, -0.05) is 42.5 Å². The zero-order valence-corrected chi connectivity index (χ0v) is 15.1. The second-order valence-electron chi connectivity index (χ2n) is 6.03. The quantitative estimate of drug-likeness (QED) is 0.910. The van der Waals surface area contributed by atoms with E-state index in [1.807, 2.05) is 67.8 Å². The van der Waals surface area contributed by atoms with E-state index in [0.717, 1.165) is 28.1 Å². The summed E-state index contributed by atoms with van der Waals surface area (Å²) in [5.74, 6) is 0.103. The zero-order chi connectivity index (χ0) is 17.8. The predicted molar refractivity (Wildman–Crippen MR) is 103 cm³/mol. The summed E-state index contributed by atoms with van der Waals surface area (Å²) in [6.45, 7) is 3.94. The number of rotatable bonds is 4. The molecule has 1 N–H and O–H groups in total. The average Bonchev–Trinajstić information content (AvgIpc) is 2.60. The highest BCUT2D eigenvalue weighted by molar-refractivity contribution is 8.03. The van der Waals surface area contributed by atoms with Gasteiger partial charge >= 0.3 is 0 Å². The van der Waals surface area contributed by atoms with Gasteiger partial charge in [-0.2, -0.15) is 0 Å². The van der Waals surface area contributed by atoms with Crippen LogP contribution in [0.1, 0.15) is 16.7 Å². The molecule has 1 aliphatic rings. The number of amides is 2. The Kier molecular flexibility index (Phi) is 5.24. The van der Waals surface area contributed by atoms with Gasteiger partial charge in [0.1, 0.15) is 6.54 Å². The molecule has 0 aromatic heterocycles. The minimum atomic E-state index is -0.198. The second kappa shape index (κ2) is 7.57. The first kappa shape index (κ1) is 17.3. The summed E-state index contributed by atoms with van der Waals surface area (Å²) in [7, 11) is 0. The topological polar surface area (TPSA) is 49.4 Å². The Balaban J connectivity index is 1.78. The molecular weight excluding hydrogens is 332 g/mol. The second-order valence-corrected chi connectivity index (χ2v) is 6.88. The molecule has 5 heteroatoms. The number of carbonyl (C=O) groups is 2. The van der Waals surface area contributed by atoms with Crippen molar-refractivity contribution in [2.45, 2.75) is 13.8 Å². The van der Waals surface area contributed by atoms with Crippen molar-refractivity contribution < 1.29 is 9.59 Å². The molecule has 0 bridgehead atoms. The van der Waals surface area contributed by atoms with Gasteiger partial charge in [0.05, 0.1) is 11.4 Å². The first-order chi connectivity index (χ1) is 12.0. The normalized spacial score (nSPS) is 14.2. The van der Waals surface area contributed by atoms with Crippen molar-refractivity contribution in [1.82, 2.24) is 4.90 Å². The van der Waals surface area contributed by atoms with Gasteiger partial charge in [-0.25, -0.2) is 0 Å². The zero-order valence-electron chi connectivity index (χ0n) is 14.3. The Labute approximate surface area is 151 Å². The summed E-state index contributed by atoms with van der Waals surface area (Å²) in [5.41, 5.74) is 4.57. The molecule has 0 atom stereocenters. The van der Waals surface area contributed by atoms with Crippen LogP contribution in [0.4, 0.5) is 5.69 Å². The van der Waals surface area contributed by atoms with Crippen molar-refractivity contribution in [1.29, 1.82) is 0 Å². The van der Waals surface area contributed by atoms with Gasteiger partial charge in [-0.3, -0.25) is 9.59 Å². The first-order valence-electron chi connectivity index (χ1n) is 8.09. The van der Waals surface area contributed by atoms with Crippen molar-refractivity contribution in [2.24, 2.45) is 0 Å². The predicted octanol–water partition coefficient (Wildman–Crippen LogP) is 3.82. The molecule has 0 fully saturated rings. The van der Waals surface area contributed by atoms with Crippen molar-refractivity contribution in [3.8, 4) is 0 Å². The molecule has 2 amide bonds.